The summed E-state index contributed by atoms with van der Waals surface area (Å²) >= 11 is 0. The van der Waals surface area contributed by atoms with Gasteiger partial charge in [-0.2, -0.15) is 0 Å². The van der Waals surface area contributed by atoms with Gasteiger partial charge in [0, 0.05) is 12.2 Å². The van der Waals surface area contributed by atoms with Gasteiger partial charge in [-0.25, -0.2) is 0 Å². The highest BCUT2D eigenvalue weighted by Crippen LogP contribution is 2.36. The molecule has 2 aliphatic carbocycles. The Morgan fingerprint density at radius 2 is 2.10 bits per heavy atom. The van der Waals surface area contributed by atoms with E-state index in [9.17, 15) is 9.90 Å². The van der Waals surface area contributed by atoms with Crippen molar-refractivity contribution < 1.29 is 9.90 Å². The lowest BCUT2D eigenvalue weighted by molar-refractivity contribution is 0.0709. The molecule has 1 aromatic heterocycles. The average molecular weight is 276 g/mol. The maximum Gasteiger partial charge on any atom is 0.268 e. The van der Waals surface area contributed by atoms with Crippen LogP contribution in [0.2, 0.25) is 0 Å². The van der Waals surface area contributed by atoms with E-state index in [1.165, 1.54) is 0 Å². The Balaban J connectivity index is 1.72. The molecule has 2 saturated carbocycles. The Labute approximate surface area is 120 Å². The number of aliphatic hydroxyl groups excluding tert-OH is 1. The molecule has 0 radical (unpaired) electrons. The van der Waals surface area contributed by atoms with Gasteiger partial charge >= 0.3 is 0 Å². The monoisotopic (exact) mass is 276 g/mol. The summed E-state index contributed by atoms with van der Waals surface area (Å²) in [6.07, 6.45) is 8.21. The fourth-order valence-corrected chi connectivity index (χ4v) is 3.20. The van der Waals surface area contributed by atoms with E-state index in [0.29, 0.717) is 12.0 Å². The number of hydrogen-bond donors (Lipinski definition) is 2. The van der Waals surface area contributed by atoms with Crippen molar-refractivity contribution in [3.8, 4) is 0 Å². The summed E-state index contributed by atoms with van der Waals surface area (Å²) in [6, 6.07) is 4.31. The van der Waals surface area contributed by atoms with E-state index in [0.717, 1.165) is 44.2 Å². The molecular weight excluding hydrogens is 252 g/mol. The molecule has 0 bridgehead atoms. The lowest BCUT2D eigenvalue weighted by Crippen LogP contribution is -2.53. The molecule has 110 valence electrons. The molecule has 0 saturated heterocycles. The SMILES string of the molecule is CC1CCC(CO)(NC(=O)c2cccn2C2CC2)CC1. The number of nitrogens with zero attached hydrogens (tertiary/aromatic N) is 1. The molecular formula is C16H24N2O2. The second-order valence-electron chi connectivity index (χ2n) is 6.61. The predicted octanol–water partition coefficient (Wildman–Crippen LogP) is 2.49. The summed E-state index contributed by atoms with van der Waals surface area (Å²) in [6.45, 7) is 2.27. The average Bonchev–Trinajstić information content (AvgIpc) is 3.18. The van der Waals surface area contributed by atoms with Gasteiger partial charge in [-0.15, -0.1) is 0 Å². The summed E-state index contributed by atoms with van der Waals surface area (Å²) in [7, 11) is 0. The van der Waals surface area contributed by atoms with Crippen LogP contribution in [-0.4, -0.2) is 27.7 Å². The van der Waals surface area contributed by atoms with Gasteiger partial charge in [0.05, 0.1) is 12.1 Å². The fourth-order valence-electron chi connectivity index (χ4n) is 3.20. The molecule has 4 heteroatoms. The molecule has 2 fully saturated rings. The molecule has 1 heterocycles. The van der Waals surface area contributed by atoms with Crippen LogP contribution in [0.1, 0.15) is 62.0 Å². The number of carbonyl (C=O) groups excluding carboxylic acids is 1. The van der Waals surface area contributed by atoms with Crippen molar-refractivity contribution >= 4 is 5.91 Å². The van der Waals surface area contributed by atoms with Crippen LogP contribution >= 0.6 is 0 Å². The fraction of sp³-hybridized carbons (Fsp3) is 0.688. The molecule has 0 atom stereocenters. The Kier molecular flexibility index (Phi) is 3.59. The van der Waals surface area contributed by atoms with Gasteiger partial charge in [0.2, 0.25) is 0 Å². The van der Waals surface area contributed by atoms with Gasteiger partial charge in [-0.1, -0.05) is 6.92 Å². The van der Waals surface area contributed by atoms with Gasteiger partial charge in [0.1, 0.15) is 5.69 Å². The summed E-state index contributed by atoms with van der Waals surface area (Å²) in [5.41, 5.74) is 0.321. The molecule has 0 unspecified atom stereocenters. The van der Waals surface area contributed by atoms with E-state index in [4.69, 9.17) is 0 Å². The van der Waals surface area contributed by atoms with Crippen LogP contribution in [0.3, 0.4) is 0 Å². The number of hydrogen-bond acceptors (Lipinski definition) is 2. The topological polar surface area (TPSA) is 54.3 Å². The minimum absolute atomic E-state index is 0.0366. The molecule has 4 nitrogen and oxygen atoms in total. The van der Waals surface area contributed by atoms with Gasteiger partial charge in [0.15, 0.2) is 0 Å². The molecule has 0 spiro atoms. The Hall–Kier alpha value is -1.29. The van der Waals surface area contributed by atoms with E-state index < -0.39 is 5.54 Å². The van der Waals surface area contributed by atoms with Crippen LogP contribution < -0.4 is 5.32 Å². The van der Waals surface area contributed by atoms with E-state index in [-0.39, 0.29) is 12.5 Å². The number of aromatic nitrogens is 1. The zero-order valence-corrected chi connectivity index (χ0v) is 12.1. The van der Waals surface area contributed by atoms with Crippen LogP contribution in [0.4, 0.5) is 0 Å². The summed E-state index contributed by atoms with van der Waals surface area (Å²) < 4.78 is 2.08. The highest BCUT2D eigenvalue weighted by molar-refractivity contribution is 5.93. The first kappa shape index (κ1) is 13.7. The van der Waals surface area contributed by atoms with Crippen LogP contribution in [-0.2, 0) is 0 Å². The van der Waals surface area contributed by atoms with Crippen LogP contribution in [0, 0.1) is 5.92 Å². The normalized spacial score (nSPS) is 30.2. The van der Waals surface area contributed by atoms with E-state index in [1.54, 1.807) is 0 Å². The molecule has 1 aromatic rings. The summed E-state index contributed by atoms with van der Waals surface area (Å²) in [4.78, 5) is 12.5. The number of carbonyl (C=O) groups is 1. The molecule has 2 aliphatic rings. The van der Waals surface area contributed by atoms with E-state index >= 15 is 0 Å². The number of rotatable bonds is 4. The third-order valence-electron chi connectivity index (χ3n) is 4.86. The standard InChI is InChI=1S/C16H24N2O2/c1-12-6-8-16(11-19,9-7-12)17-15(20)14-3-2-10-18(14)13-4-5-13/h2-3,10,12-13,19H,4-9,11H2,1H3,(H,17,20). The molecule has 2 N–H and O–H groups in total. The van der Waals surface area contributed by atoms with Crippen LogP contribution in [0.5, 0.6) is 0 Å². The largest absolute Gasteiger partial charge is 0.394 e. The molecule has 0 aliphatic heterocycles. The molecule has 20 heavy (non-hydrogen) atoms. The Morgan fingerprint density at radius 3 is 2.70 bits per heavy atom. The third-order valence-corrected chi connectivity index (χ3v) is 4.86. The highest BCUT2D eigenvalue weighted by atomic mass is 16.3. The van der Waals surface area contributed by atoms with Gasteiger partial charge in [-0.3, -0.25) is 4.79 Å². The second kappa shape index (κ2) is 5.24. The van der Waals surface area contributed by atoms with E-state index in [1.807, 2.05) is 18.3 Å². The first-order valence-electron chi connectivity index (χ1n) is 7.74. The lowest BCUT2D eigenvalue weighted by Gasteiger charge is -2.38. The maximum atomic E-state index is 12.5. The quantitative estimate of drug-likeness (QED) is 0.887. The Morgan fingerprint density at radius 1 is 1.40 bits per heavy atom. The van der Waals surface area contributed by atoms with Crippen molar-refractivity contribution in [3.05, 3.63) is 24.0 Å². The van der Waals surface area contributed by atoms with Crippen molar-refractivity contribution in [2.75, 3.05) is 6.61 Å². The zero-order valence-electron chi connectivity index (χ0n) is 12.1. The number of amides is 1. The lowest BCUT2D eigenvalue weighted by atomic mass is 9.77. The van der Waals surface area contributed by atoms with Crippen molar-refractivity contribution in [2.45, 2.75) is 57.0 Å². The molecule has 1 amide bonds. The first-order chi connectivity index (χ1) is 9.63. The first-order valence-corrected chi connectivity index (χ1v) is 7.74. The van der Waals surface area contributed by atoms with Crippen LogP contribution in [0.15, 0.2) is 18.3 Å². The second-order valence-corrected chi connectivity index (χ2v) is 6.61. The van der Waals surface area contributed by atoms with Crippen molar-refractivity contribution in [1.82, 2.24) is 9.88 Å². The van der Waals surface area contributed by atoms with Crippen molar-refractivity contribution in [2.24, 2.45) is 5.92 Å². The highest BCUT2D eigenvalue weighted by Gasteiger charge is 2.36. The smallest absolute Gasteiger partial charge is 0.268 e. The van der Waals surface area contributed by atoms with Gasteiger partial charge < -0.3 is 15.0 Å². The van der Waals surface area contributed by atoms with E-state index in [2.05, 4.69) is 16.8 Å². The van der Waals surface area contributed by atoms with Crippen molar-refractivity contribution in [3.63, 3.8) is 0 Å². The van der Waals surface area contributed by atoms with Gasteiger partial charge in [-0.05, 0) is 56.6 Å². The Bertz CT molecular complexity index is 482. The van der Waals surface area contributed by atoms with Crippen LogP contribution in [0.25, 0.3) is 0 Å². The molecule has 3 rings (SSSR count). The third kappa shape index (κ3) is 2.62. The minimum atomic E-state index is -0.414. The van der Waals surface area contributed by atoms with Gasteiger partial charge in [0.25, 0.3) is 5.91 Å². The maximum absolute atomic E-state index is 12.5. The zero-order chi connectivity index (χ0) is 14.2. The van der Waals surface area contributed by atoms with Crippen molar-refractivity contribution in [1.29, 1.82) is 0 Å². The predicted molar refractivity (Wildman–Crippen MR) is 77.6 cm³/mol. The number of aliphatic hydroxyl groups is 1. The minimum Gasteiger partial charge on any atom is -0.394 e. The number of nitrogens with one attached hydrogen (secondary N) is 1. The molecule has 0 aromatic carbocycles. The summed E-state index contributed by atoms with van der Waals surface area (Å²) in [5.74, 6) is 0.660. The summed E-state index contributed by atoms with van der Waals surface area (Å²) in [5, 5.41) is 12.9.